The SMILES string of the molecule is Br.CC(CN1CCCC1)C1(O)c2ccccc2Sc2ccccc21. The van der Waals surface area contributed by atoms with Crippen molar-refractivity contribution in [3.05, 3.63) is 59.7 Å². The van der Waals surface area contributed by atoms with Crippen molar-refractivity contribution in [2.24, 2.45) is 5.92 Å². The van der Waals surface area contributed by atoms with Crippen LogP contribution in [0.3, 0.4) is 0 Å². The largest absolute Gasteiger partial charge is 0.380 e. The molecule has 0 aliphatic carbocycles. The van der Waals surface area contributed by atoms with Gasteiger partial charge in [-0.05, 0) is 38.1 Å². The molecule has 2 aliphatic rings. The van der Waals surface area contributed by atoms with Crippen molar-refractivity contribution in [2.75, 3.05) is 19.6 Å². The third-order valence-electron chi connectivity index (χ3n) is 5.26. The lowest BCUT2D eigenvalue weighted by Crippen LogP contribution is -2.43. The van der Waals surface area contributed by atoms with Crippen molar-refractivity contribution in [3.63, 3.8) is 0 Å². The van der Waals surface area contributed by atoms with Crippen LogP contribution in [-0.4, -0.2) is 29.6 Å². The molecule has 1 fully saturated rings. The van der Waals surface area contributed by atoms with Gasteiger partial charge in [0, 0.05) is 33.4 Å². The molecule has 1 unspecified atom stereocenters. The highest BCUT2D eigenvalue weighted by molar-refractivity contribution is 8.93. The summed E-state index contributed by atoms with van der Waals surface area (Å²) in [5, 5.41) is 11.9. The molecule has 0 radical (unpaired) electrons. The van der Waals surface area contributed by atoms with Gasteiger partial charge in [0.05, 0.1) is 0 Å². The molecular formula is C20H24BrNOS. The Kier molecular flexibility index (Phi) is 5.40. The summed E-state index contributed by atoms with van der Waals surface area (Å²) in [5.74, 6) is 0.156. The molecule has 0 aromatic heterocycles. The standard InChI is InChI=1S/C20H23NOS.BrH/c1-15(14-21-12-6-7-13-21)20(22)16-8-2-4-10-18(16)23-19-11-5-3-9-17(19)20;/h2-5,8-11,15,22H,6-7,12-14H2,1H3;1H. The molecule has 1 atom stereocenters. The van der Waals surface area contributed by atoms with Gasteiger partial charge in [-0.15, -0.1) is 17.0 Å². The summed E-state index contributed by atoms with van der Waals surface area (Å²) in [4.78, 5) is 4.86. The molecule has 128 valence electrons. The third-order valence-corrected chi connectivity index (χ3v) is 6.41. The predicted octanol–water partition coefficient (Wildman–Crippen LogP) is 4.70. The van der Waals surface area contributed by atoms with Crippen molar-refractivity contribution >= 4 is 28.7 Å². The zero-order chi connectivity index (χ0) is 15.9. The first-order chi connectivity index (χ1) is 11.2. The maximum absolute atomic E-state index is 11.9. The number of nitrogens with zero attached hydrogens (tertiary/aromatic N) is 1. The van der Waals surface area contributed by atoms with Crippen LogP contribution in [0.2, 0.25) is 0 Å². The van der Waals surface area contributed by atoms with E-state index in [4.69, 9.17) is 0 Å². The van der Waals surface area contributed by atoms with Crippen LogP contribution in [0.15, 0.2) is 58.3 Å². The molecule has 2 aliphatic heterocycles. The number of rotatable bonds is 3. The van der Waals surface area contributed by atoms with Crippen LogP contribution >= 0.6 is 28.7 Å². The fourth-order valence-corrected chi connectivity index (χ4v) is 5.22. The summed E-state index contributed by atoms with van der Waals surface area (Å²) >= 11 is 1.77. The topological polar surface area (TPSA) is 23.5 Å². The van der Waals surface area contributed by atoms with Crippen LogP contribution in [0, 0.1) is 5.92 Å². The summed E-state index contributed by atoms with van der Waals surface area (Å²) in [6.45, 7) is 5.47. The fraction of sp³-hybridized carbons (Fsp3) is 0.400. The third kappa shape index (κ3) is 2.94. The minimum Gasteiger partial charge on any atom is -0.380 e. The number of fused-ring (bicyclic) bond motifs is 2. The number of hydrogen-bond donors (Lipinski definition) is 1. The van der Waals surface area contributed by atoms with Gasteiger partial charge in [0.25, 0.3) is 0 Å². The van der Waals surface area contributed by atoms with E-state index in [-0.39, 0.29) is 22.9 Å². The van der Waals surface area contributed by atoms with Crippen molar-refractivity contribution < 1.29 is 5.11 Å². The predicted molar refractivity (Wildman–Crippen MR) is 105 cm³/mol. The van der Waals surface area contributed by atoms with Gasteiger partial charge >= 0.3 is 0 Å². The Morgan fingerprint density at radius 1 is 1.00 bits per heavy atom. The summed E-state index contributed by atoms with van der Waals surface area (Å²) in [5.41, 5.74) is 1.23. The lowest BCUT2D eigenvalue weighted by atomic mass is 9.76. The fourth-order valence-electron chi connectivity index (χ4n) is 4.02. The van der Waals surface area contributed by atoms with E-state index < -0.39 is 5.60 Å². The Morgan fingerprint density at radius 3 is 2.04 bits per heavy atom. The van der Waals surface area contributed by atoms with E-state index in [1.54, 1.807) is 11.8 Å². The van der Waals surface area contributed by atoms with Gasteiger partial charge in [0.1, 0.15) is 5.60 Å². The normalized spacial score (nSPS) is 19.9. The van der Waals surface area contributed by atoms with E-state index in [9.17, 15) is 5.11 Å². The Hall–Kier alpha value is -0.810. The molecular weight excluding hydrogens is 382 g/mol. The first-order valence-electron chi connectivity index (χ1n) is 8.51. The smallest absolute Gasteiger partial charge is 0.121 e. The summed E-state index contributed by atoms with van der Waals surface area (Å²) in [6, 6.07) is 16.7. The molecule has 1 N–H and O–H groups in total. The van der Waals surface area contributed by atoms with Crippen molar-refractivity contribution in [1.29, 1.82) is 0 Å². The van der Waals surface area contributed by atoms with Crippen LogP contribution in [0.5, 0.6) is 0 Å². The molecule has 0 bridgehead atoms. The minimum atomic E-state index is -0.902. The van der Waals surface area contributed by atoms with Gasteiger partial charge < -0.3 is 10.0 Å². The zero-order valence-corrected chi connectivity index (χ0v) is 16.5. The highest BCUT2D eigenvalue weighted by Gasteiger charge is 2.44. The maximum atomic E-state index is 11.9. The molecule has 1 saturated heterocycles. The second-order valence-electron chi connectivity index (χ2n) is 6.77. The molecule has 2 nitrogen and oxygen atoms in total. The molecule has 2 aromatic rings. The molecule has 0 spiro atoms. The molecule has 2 aromatic carbocycles. The van der Waals surface area contributed by atoms with E-state index in [1.807, 2.05) is 12.1 Å². The Balaban J connectivity index is 0.00000169. The average Bonchev–Trinajstić information content (AvgIpc) is 3.08. The van der Waals surface area contributed by atoms with Crippen LogP contribution in [0.25, 0.3) is 0 Å². The molecule has 2 heterocycles. The second kappa shape index (κ2) is 7.20. The highest BCUT2D eigenvalue weighted by Crippen LogP contribution is 2.51. The second-order valence-corrected chi connectivity index (χ2v) is 7.85. The molecule has 0 saturated carbocycles. The Morgan fingerprint density at radius 2 is 1.50 bits per heavy atom. The number of halogens is 1. The first-order valence-corrected chi connectivity index (χ1v) is 9.33. The van der Waals surface area contributed by atoms with Gasteiger partial charge in [-0.2, -0.15) is 0 Å². The van der Waals surface area contributed by atoms with Crippen LogP contribution in [-0.2, 0) is 5.60 Å². The Labute approximate surface area is 159 Å². The molecule has 24 heavy (non-hydrogen) atoms. The minimum absolute atomic E-state index is 0. The number of likely N-dealkylation sites (tertiary alicyclic amines) is 1. The lowest BCUT2D eigenvalue weighted by molar-refractivity contribution is 0.00490. The number of hydrogen-bond acceptors (Lipinski definition) is 3. The monoisotopic (exact) mass is 405 g/mol. The van der Waals surface area contributed by atoms with Crippen molar-refractivity contribution in [2.45, 2.75) is 35.2 Å². The van der Waals surface area contributed by atoms with E-state index in [2.05, 4.69) is 48.2 Å². The lowest BCUT2D eigenvalue weighted by Gasteiger charge is -2.41. The molecule has 4 rings (SSSR count). The van der Waals surface area contributed by atoms with Crippen LogP contribution in [0.4, 0.5) is 0 Å². The van der Waals surface area contributed by atoms with Crippen molar-refractivity contribution in [3.8, 4) is 0 Å². The average molecular weight is 406 g/mol. The molecule has 0 amide bonds. The highest BCUT2D eigenvalue weighted by atomic mass is 79.9. The van der Waals surface area contributed by atoms with Crippen LogP contribution in [0.1, 0.15) is 30.9 Å². The summed E-state index contributed by atoms with van der Waals surface area (Å²) in [6.07, 6.45) is 2.57. The Bertz CT molecular complexity index is 669. The quantitative estimate of drug-likeness (QED) is 0.800. The van der Waals surface area contributed by atoms with Gasteiger partial charge in [-0.1, -0.05) is 55.1 Å². The molecule has 4 heteroatoms. The number of benzene rings is 2. The van der Waals surface area contributed by atoms with E-state index in [0.717, 1.165) is 17.7 Å². The van der Waals surface area contributed by atoms with Gasteiger partial charge in [0.15, 0.2) is 0 Å². The first kappa shape index (κ1) is 18.0. The maximum Gasteiger partial charge on any atom is 0.121 e. The van der Waals surface area contributed by atoms with Crippen molar-refractivity contribution in [1.82, 2.24) is 4.90 Å². The summed E-state index contributed by atoms with van der Waals surface area (Å²) in [7, 11) is 0. The van der Waals surface area contributed by atoms with Gasteiger partial charge in [0.2, 0.25) is 0 Å². The van der Waals surface area contributed by atoms with Crippen LogP contribution < -0.4 is 0 Å². The van der Waals surface area contributed by atoms with Gasteiger partial charge in [-0.25, -0.2) is 0 Å². The number of aliphatic hydroxyl groups is 1. The summed E-state index contributed by atoms with van der Waals surface area (Å²) < 4.78 is 0. The van der Waals surface area contributed by atoms with E-state index >= 15 is 0 Å². The van der Waals surface area contributed by atoms with E-state index in [1.165, 1.54) is 35.7 Å². The van der Waals surface area contributed by atoms with Gasteiger partial charge in [-0.3, -0.25) is 0 Å². The zero-order valence-electron chi connectivity index (χ0n) is 13.9. The van der Waals surface area contributed by atoms with E-state index in [0.29, 0.717) is 0 Å².